The van der Waals surface area contributed by atoms with Gasteiger partial charge in [0.05, 0.1) is 6.10 Å². The smallest absolute Gasteiger partial charge is 0.303 e. The number of carbonyl (C=O) groups is 2. The van der Waals surface area contributed by atoms with E-state index in [1.54, 1.807) is 12.1 Å². The van der Waals surface area contributed by atoms with E-state index >= 15 is 0 Å². The highest BCUT2D eigenvalue weighted by Gasteiger charge is 2.45. The quantitative estimate of drug-likeness (QED) is 0.283. The van der Waals surface area contributed by atoms with E-state index in [0.717, 1.165) is 5.56 Å². The zero-order chi connectivity index (χ0) is 21.4. The highest BCUT2D eigenvalue weighted by Crippen LogP contribution is 2.34. The summed E-state index contributed by atoms with van der Waals surface area (Å²) in [6, 6.07) is 7.30. The fourth-order valence-corrected chi connectivity index (χ4v) is 3.19. The van der Waals surface area contributed by atoms with Gasteiger partial charge in [-0.05, 0) is 35.6 Å². The molecular weight excluding hydrogens is 378 g/mol. The van der Waals surface area contributed by atoms with Gasteiger partial charge in [-0.1, -0.05) is 31.1 Å². The minimum absolute atomic E-state index is 0.0124. The molecule has 2 unspecified atom stereocenters. The van der Waals surface area contributed by atoms with Gasteiger partial charge in [0.25, 0.3) is 0 Å². The summed E-state index contributed by atoms with van der Waals surface area (Å²) in [6.07, 6.45) is -1.19. The maximum atomic E-state index is 11.6. The molecule has 2 rings (SSSR count). The topological polar surface area (TPSA) is 120 Å². The van der Waals surface area contributed by atoms with Crippen LogP contribution in [0.4, 0.5) is 0 Å². The van der Waals surface area contributed by atoms with Crippen LogP contribution < -0.4 is 4.74 Å². The van der Waals surface area contributed by atoms with Crippen LogP contribution in [0.15, 0.2) is 29.4 Å². The molecule has 0 spiro atoms. The Morgan fingerprint density at radius 3 is 2.41 bits per heavy atom. The Hall–Kier alpha value is -2.77. The number of ether oxygens (including phenoxy) is 4. The summed E-state index contributed by atoms with van der Waals surface area (Å²) in [5.41, 5.74) is 9.35. The van der Waals surface area contributed by atoms with Crippen LogP contribution in [0.5, 0.6) is 5.75 Å². The number of rotatable bonds is 8. The number of carbonyl (C=O) groups excluding carboxylic acids is 2. The first kappa shape index (κ1) is 22.5. The summed E-state index contributed by atoms with van der Waals surface area (Å²) < 4.78 is 22.6. The Morgan fingerprint density at radius 1 is 1.14 bits per heavy atom. The molecule has 1 aromatic carbocycles. The SMILES string of the molecule is CC(=O)OCC1O[C@@H](Oc2ccc(CCN=[N+]=[N-])cc2)C(OC(C)=O)[C@@H](C)[C@H]1C. The van der Waals surface area contributed by atoms with Gasteiger partial charge in [-0.15, -0.1) is 0 Å². The minimum Gasteiger partial charge on any atom is -0.463 e. The van der Waals surface area contributed by atoms with Crippen LogP contribution in [-0.2, 0) is 30.2 Å². The van der Waals surface area contributed by atoms with Crippen molar-refractivity contribution in [3.8, 4) is 5.75 Å². The van der Waals surface area contributed by atoms with Crippen molar-refractivity contribution in [3.63, 3.8) is 0 Å². The molecule has 1 aliphatic heterocycles. The van der Waals surface area contributed by atoms with Crippen LogP contribution >= 0.6 is 0 Å². The average molecular weight is 405 g/mol. The van der Waals surface area contributed by atoms with Crippen LogP contribution in [0.1, 0.15) is 33.3 Å². The third-order valence-corrected chi connectivity index (χ3v) is 5.00. The highest BCUT2D eigenvalue weighted by atomic mass is 16.7. The van der Waals surface area contributed by atoms with Crippen LogP contribution in [0, 0.1) is 11.8 Å². The molecule has 1 aromatic rings. The molecule has 0 radical (unpaired) electrons. The zero-order valence-electron chi connectivity index (χ0n) is 17.1. The van der Waals surface area contributed by atoms with Crippen molar-refractivity contribution in [3.05, 3.63) is 40.3 Å². The number of esters is 2. The van der Waals surface area contributed by atoms with Crippen molar-refractivity contribution in [2.75, 3.05) is 13.2 Å². The number of azide groups is 1. The van der Waals surface area contributed by atoms with Crippen LogP contribution in [0.25, 0.3) is 10.4 Å². The Kier molecular flexibility index (Phi) is 8.30. The van der Waals surface area contributed by atoms with Crippen molar-refractivity contribution in [1.82, 2.24) is 0 Å². The maximum Gasteiger partial charge on any atom is 0.303 e. The van der Waals surface area contributed by atoms with Crippen molar-refractivity contribution in [2.24, 2.45) is 17.0 Å². The lowest BCUT2D eigenvalue weighted by atomic mass is 9.83. The molecule has 0 bridgehead atoms. The Bertz CT molecular complexity index is 745. The lowest BCUT2D eigenvalue weighted by Crippen LogP contribution is -2.54. The van der Waals surface area contributed by atoms with Gasteiger partial charge in [0.15, 0.2) is 6.10 Å². The summed E-state index contributed by atoms with van der Waals surface area (Å²) >= 11 is 0. The molecule has 0 aromatic heterocycles. The van der Waals surface area contributed by atoms with E-state index in [-0.39, 0.29) is 30.5 Å². The lowest BCUT2D eigenvalue weighted by molar-refractivity contribution is -0.253. The predicted octanol–water partition coefficient (Wildman–Crippen LogP) is 3.41. The van der Waals surface area contributed by atoms with Gasteiger partial charge in [-0.3, -0.25) is 9.59 Å². The monoisotopic (exact) mass is 405 g/mol. The highest BCUT2D eigenvalue weighted by molar-refractivity contribution is 5.66. The molecule has 1 aliphatic rings. The van der Waals surface area contributed by atoms with Crippen molar-refractivity contribution in [2.45, 2.75) is 52.6 Å². The molecule has 29 heavy (non-hydrogen) atoms. The van der Waals surface area contributed by atoms with Gasteiger partial charge < -0.3 is 18.9 Å². The normalized spacial score (nSPS) is 26.1. The summed E-state index contributed by atoms with van der Waals surface area (Å²) in [5.74, 6) is -0.335. The van der Waals surface area contributed by atoms with Crippen LogP contribution in [-0.4, -0.2) is 43.6 Å². The van der Waals surface area contributed by atoms with E-state index in [4.69, 9.17) is 24.5 Å². The number of hydrogen-bond donors (Lipinski definition) is 0. The zero-order valence-corrected chi connectivity index (χ0v) is 17.1. The standard InChI is InChI=1S/C20H27N3O6/c1-12-13(2)19(27-15(4)25)20(29-18(12)11-26-14(3)24)28-17-7-5-16(6-8-17)9-10-22-23-21/h5-8,12-13,18-20H,9-11H2,1-4H3/t12-,13+,18?,19?,20-/m1/s1. The maximum absolute atomic E-state index is 11.6. The van der Waals surface area contributed by atoms with Gasteiger partial charge in [0.2, 0.25) is 6.29 Å². The largest absolute Gasteiger partial charge is 0.463 e. The molecule has 0 N–H and O–H groups in total. The van der Waals surface area contributed by atoms with Gasteiger partial charge in [-0.2, -0.15) is 0 Å². The van der Waals surface area contributed by atoms with E-state index in [2.05, 4.69) is 10.0 Å². The summed E-state index contributed by atoms with van der Waals surface area (Å²) in [7, 11) is 0. The second-order valence-corrected chi connectivity index (χ2v) is 7.10. The Balaban J connectivity index is 2.12. The molecule has 5 atom stereocenters. The van der Waals surface area contributed by atoms with Gasteiger partial charge >= 0.3 is 11.9 Å². The number of hydrogen-bond acceptors (Lipinski definition) is 7. The molecule has 158 valence electrons. The predicted molar refractivity (Wildman–Crippen MR) is 104 cm³/mol. The third kappa shape index (κ3) is 6.66. The van der Waals surface area contributed by atoms with Crippen LogP contribution in [0.2, 0.25) is 0 Å². The first-order valence-corrected chi connectivity index (χ1v) is 9.54. The van der Waals surface area contributed by atoms with Crippen molar-refractivity contribution < 1.29 is 28.5 Å². The van der Waals surface area contributed by atoms with Crippen molar-refractivity contribution >= 4 is 11.9 Å². The second-order valence-electron chi connectivity index (χ2n) is 7.10. The molecular formula is C20H27N3O6. The Morgan fingerprint density at radius 2 is 1.83 bits per heavy atom. The summed E-state index contributed by atoms with van der Waals surface area (Å²) in [6.45, 7) is 7.09. The molecule has 9 heteroatoms. The minimum atomic E-state index is -0.834. The molecule has 1 heterocycles. The number of nitrogens with zero attached hydrogens (tertiary/aromatic N) is 3. The average Bonchev–Trinajstić information content (AvgIpc) is 2.67. The van der Waals surface area contributed by atoms with E-state index in [9.17, 15) is 9.59 Å². The summed E-state index contributed by atoms with van der Waals surface area (Å²) in [4.78, 5) is 25.5. The molecule has 0 amide bonds. The molecule has 0 aliphatic carbocycles. The molecule has 1 fully saturated rings. The van der Waals surface area contributed by atoms with E-state index < -0.39 is 18.4 Å². The first-order valence-electron chi connectivity index (χ1n) is 9.54. The molecule has 0 saturated carbocycles. The van der Waals surface area contributed by atoms with E-state index in [1.807, 2.05) is 26.0 Å². The fourth-order valence-electron chi connectivity index (χ4n) is 3.19. The van der Waals surface area contributed by atoms with Crippen molar-refractivity contribution in [1.29, 1.82) is 0 Å². The van der Waals surface area contributed by atoms with E-state index in [1.165, 1.54) is 13.8 Å². The second kappa shape index (κ2) is 10.7. The van der Waals surface area contributed by atoms with Crippen LogP contribution in [0.3, 0.4) is 0 Å². The first-order chi connectivity index (χ1) is 13.8. The fraction of sp³-hybridized carbons (Fsp3) is 0.600. The third-order valence-electron chi connectivity index (χ3n) is 5.00. The van der Waals surface area contributed by atoms with Gasteiger partial charge in [0.1, 0.15) is 12.4 Å². The van der Waals surface area contributed by atoms with E-state index in [0.29, 0.717) is 18.7 Å². The molecule has 1 saturated heterocycles. The number of benzene rings is 1. The Labute approximate surface area is 169 Å². The lowest BCUT2D eigenvalue weighted by Gasteiger charge is -2.43. The van der Waals surface area contributed by atoms with Gasteiger partial charge in [0, 0.05) is 31.2 Å². The molecule has 9 nitrogen and oxygen atoms in total. The van der Waals surface area contributed by atoms with Gasteiger partial charge in [-0.25, -0.2) is 0 Å². The summed E-state index contributed by atoms with van der Waals surface area (Å²) in [5, 5.41) is 3.52.